The summed E-state index contributed by atoms with van der Waals surface area (Å²) < 4.78 is 11.0. The summed E-state index contributed by atoms with van der Waals surface area (Å²) in [6.07, 6.45) is 1.67. The summed E-state index contributed by atoms with van der Waals surface area (Å²) in [4.78, 5) is 77.2. The molecule has 2 heterocycles. The first-order chi connectivity index (χ1) is 24.7. The number of aromatic nitrogens is 2. The number of methoxy groups -OCH3 is 1. The first kappa shape index (κ1) is 40.6. The van der Waals surface area contributed by atoms with Crippen molar-refractivity contribution in [3.05, 3.63) is 41.7 Å². The van der Waals surface area contributed by atoms with Gasteiger partial charge in [-0.2, -0.15) is 0 Å². The summed E-state index contributed by atoms with van der Waals surface area (Å²) in [5.74, 6) is -0.926. The van der Waals surface area contributed by atoms with E-state index in [4.69, 9.17) is 21.1 Å². The molecule has 0 unspecified atom stereocenters. The zero-order valence-electron chi connectivity index (χ0n) is 31.8. The number of amides is 5. The van der Waals surface area contributed by atoms with Crippen LogP contribution in [0.4, 0.5) is 27.7 Å². The molecule has 0 aliphatic carbocycles. The zero-order chi connectivity index (χ0) is 39.4. The van der Waals surface area contributed by atoms with Crippen LogP contribution in [0, 0.1) is 5.41 Å². The highest BCUT2D eigenvalue weighted by Gasteiger charge is 2.43. The Morgan fingerprint density at radius 1 is 1.00 bits per heavy atom. The van der Waals surface area contributed by atoms with E-state index >= 15 is 0 Å². The molecular formula is C37H49ClN8O7. The van der Waals surface area contributed by atoms with Crippen LogP contribution in [-0.4, -0.2) is 93.9 Å². The van der Waals surface area contributed by atoms with E-state index in [0.717, 1.165) is 0 Å². The number of fused-ring (bicyclic) bond motifs is 1. The number of rotatable bonds is 10. The van der Waals surface area contributed by atoms with Gasteiger partial charge in [0.05, 0.1) is 29.0 Å². The number of hydrogen-bond donors (Lipinski definition) is 4. The Morgan fingerprint density at radius 3 is 2.32 bits per heavy atom. The minimum Gasteiger partial charge on any atom is -0.494 e. The van der Waals surface area contributed by atoms with Gasteiger partial charge in [0.1, 0.15) is 41.6 Å². The van der Waals surface area contributed by atoms with Crippen LogP contribution in [0.15, 0.2) is 36.7 Å². The van der Waals surface area contributed by atoms with Crippen LogP contribution in [0.2, 0.25) is 5.02 Å². The second-order valence-electron chi connectivity index (χ2n) is 15.0. The quantitative estimate of drug-likeness (QED) is 0.200. The Hall–Kier alpha value is -5.18. The van der Waals surface area contributed by atoms with Crippen molar-refractivity contribution < 1.29 is 33.4 Å². The topological polar surface area (TPSA) is 184 Å². The molecule has 5 amide bonds. The summed E-state index contributed by atoms with van der Waals surface area (Å²) >= 11 is 6.46. The Labute approximate surface area is 314 Å². The van der Waals surface area contributed by atoms with E-state index < -0.39 is 53.0 Å². The number of benzene rings is 2. The van der Waals surface area contributed by atoms with Crippen molar-refractivity contribution in [2.24, 2.45) is 5.41 Å². The molecule has 4 rings (SSSR count). The molecule has 53 heavy (non-hydrogen) atoms. The van der Waals surface area contributed by atoms with Gasteiger partial charge in [0, 0.05) is 37.7 Å². The van der Waals surface area contributed by atoms with Gasteiger partial charge in [0.25, 0.3) is 0 Å². The molecule has 1 aliphatic heterocycles. The van der Waals surface area contributed by atoms with Gasteiger partial charge < -0.3 is 35.6 Å². The van der Waals surface area contributed by atoms with Crippen molar-refractivity contribution in [2.75, 3.05) is 36.7 Å². The SMILES string of the molecule is COc1cc2ncnc(Nc3cc(NC(C)=O)ccc3Cl)c2cc1NC(=O)[C@@H]1CCCN1C(=O)[C@@H](NC(=O)[C@H](C)N(C)C(=O)OC(C)(C)C)C(C)(C)C. The number of carbonyl (C=O) groups excluding carboxylic acids is 5. The van der Waals surface area contributed by atoms with Gasteiger partial charge in [-0.05, 0) is 70.2 Å². The molecule has 0 spiro atoms. The summed E-state index contributed by atoms with van der Waals surface area (Å²) in [6, 6.07) is 5.52. The van der Waals surface area contributed by atoms with Gasteiger partial charge >= 0.3 is 6.09 Å². The van der Waals surface area contributed by atoms with Crippen LogP contribution in [0.25, 0.3) is 10.9 Å². The third-order valence-corrected chi connectivity index (χ3v) is 8.96. The maximum atomic E-state index is 14.2. The maximum Gasteiger partial charge on any atom is 0.410 e. The number of halogens is 1. The summed E-state index contributed by atoms with van der Waals surface area (Å²) in [5.41, 5.74) is 0.349. The molecule has 1 aliphatic rings. The van der Waals surface area contributed by atoms with E-state index in [1.807, 2.05) is 20.8 Å². The number of anilines is 4. The van der Waals surface area contributed by atoms with E-state index in [0.29, 0.717) is 63.9 Å². The number of carbonyl (C=O) groups is 5. The molecule has 4 N–H and O–H groups in total. The second kappa shape index (κ2) is 16.2. The molecular weight excluding hydrogens is 704 g/mol. The number of likely N-dealkylation sites (N-methyl/N-ethyl adjacent to an activating group) is 1. The number of ether oxygens (including phenoxy) is 2. The van der Waals surface area contributed by atoms with Gasteiger partial charge in [-0.1, -0.05) is 32.4 Å². The van der Waals surface area contributed by atoms with Crippen LogP contribution >= 0.6 is 11.6 Å². The maximum absolute atomic E-state index is 14.2. The standard InChI is InChI=1S/C37H49ClN8O7/c1-20(45(9)35(51)53-37(6,7)8)32(48)44-30(36(3,4)5)34(50)46-15-11-12-28(46)33(49)43-27-17-23-25(18-29(27)52-10)39-19-40-31(23)42-26-16-22(41-21(2)47)13-14-24(26)38/h13-14,16-20,28,30H,11-12,15H2,1-10H3,(H,41,47)(H,43,49)(H,44,48)(H,39,40,42)/t20-,28-,30+/m0/s1. The summed E-state index contributed by atoms with van der Waals surface area (Å²) in [7, 11) is 2.92. The number of likely N-dealkylation sites (tertiary alicyclic amines) is 1. The average Bonchev–Trinajstić information content (AvgIpc) is 3.56. The third-order valence-electron chi connectivity index (χ3n) is 8.63. The number of nitrogens with zero attached hydrogens (tertiary/aromatic N) is 4. The molecule has 0 bridgehead atoms. The van der Waals surface area contributed by atoms with Gasteiger partial charge in [-0.15, -0.1) is 0 Å². The van der Waals surface area contributed by atoms with Crippen LogP contribution in [0.1, 0.15) is 68.2 Å². The Bertz CT molecular complexity index is 1890. The van der Waals surface area contributed by atoms with Crippen LogP contribution in [-0.2, 0) is 23.9 Å². The normalized spacial score (nSPS) is 15.6. The molecule has 1 aromatic heterocycles. The van der Waals surface area contributed by atoms with Gasteiger partial charge in [-0.25, -0.2) is 14.8 Å². The smallest absolute Gasteiger partial charge is 0.410 e. The minimum atomic E-state index is -1.00. The van der Waals surface area contributed by atoms with Gasteiger partial charge in [0.15, 0.2) is 0 Å². The lowest BCUT2D eigenvalue weighted by atomic mass is 9.85. The molecule has 1 saturated heterocycles. The van der Waals surface area contributed by atoms with Gasteiger partial charge in [-0.3, -0.25) is 24.1 Å². The van der Waals surface area contributed by atoms with Crippen molar-refractivity contribution in [1.82, 2.24) is 25.1 Å². The Kier molecular flexibility index (Phi) is 12.4. The molecule has 286 valence electrons. The highest BCUT2D eigenvalue weighted by atomic mass is 35.5. The predicted octanol–water partition coefficient (Wildman–Crippen LogP) is 5.71. The van der Waals surface area contributed by atoms with Crippen LogP contribution < -0.4 is 26.0 Å². The van der Waals surface area contributed by atoms with Crippen LogP contribution in [0.5, 0.6) is 5.75 Å². The second-order valence-corrected chi connectivity index (χ2v) is 15.5. The monoisotopic (exact) mass is 752 g/mol. The lowest BCUT2D eigenvalue weighted by Crippen LogP contribution is -2.59. The largest absolute Gasteiger partial charge is 0.494 e. The molecule has 3 atom stereocenters. The van der Waals surface area contributed by atoms with Crippen LogP contribution in [0.3, 0.4) is 0 Å². The van der Waals surface area contributed by atoms with E-state index in [9.17, 15) is 24.0 Å². The minimum absolute atomic E-state index is 0.239. The zero-order valence-corrected chi connectivity index (χ0v) is 32.6. The summed E-state index contributed by atoms with van der Waals surface area (Å²) in [6.45, 7) is 13.9. The first-order valence-electron chi connectivity index (χ1n) is 17.2. The highest BCUT2D eigenvalue weighted by Crippen LogP contribution is 2.36. The Balaban J connectivity index is 1.57. The van der Waals surface area contributed by atoms with E-state index in [1.54, 1.807) is 58.0 Å². The van der Waals surface area contributed by atoms with Crippen molar-refractivity contribution in [3.63, 3.8) is 0 Å². The molecule has 16 heteroatoms. The molecule has 1 fully saturated rings. The lowest BCUT2D eigenvalue weighted by Gasteiger charge is -2.36. The first-order valence-corrected chi connectivity index (χ1v) is 17.6. The predicted molar refractivity (Wildman–Crippen MR) is 203 cm³/mol. The third kappa shape index (κ3) is 10.0. The van der Waals surface area contributed by atoms with Gasteiger partial charge in [0.2, 0.25) is 23.6 Å². The fraction of sp³-hybridized carbons (Fsp3) is 0.486. The Morgan fingerprint density at radius 2 is 1.70 bits per heavy atom. The number of hydrogen-bond acceptors (Lipinski definition) is 10. The molecule has 3 aromatic rings. The average molecular weight is 753 g/mol. The summed E-state index contributed by atoms with van der Waals surface area (Å²) in [5, 5.41) is 12.6. The lowest BCUT2D eigenvalue weighted by molar-refractivity contribution is -0.143. The van der Waals surface area contributed by atoms with E-state index in [-0.39, 0.29) is 5.91 Å². The molecule has 2 aromatic carbocycles. The van der Waals surface area contributed by atoms with Crippen molar-refractivity contribution >= 4 is 75.1 Å². The van der Waals surface area contributed by atoms with Crippen molar-refractivity contribution in [3.8, 4) is 5.75 Å². The van der Waals surface area contributed by atoms with Crippen molar-refractivity contribution in [1.29, 1.82) is 0 Å². The molecule has 0 radical (unpaired) electrons. The van der Waals surface area contributed by atoms with E-state index in [1.165, 1.54) is 37.2 Å². The van der Waals surface area contributed by atoms with E-state index in [2.05, 4.69) is 31.2 Å². The fourth-order valence-corrected chi connectivity index (χ4v) is 5.91. The van der Waals surface area contributed by atoms with Crippen molar-refractivity contribution in [2.45, 2.75) is 92.0 Å². The molecule has 0 saturated carbocycles. The molecule has 15 nitrogen and oxygen atoms in total. The fourth-order valence-electron chi connectivity index (χ4n) is 5.74. The number of nitrogens with one attached hydrogen (secondary N) is 4. The highest BCUT2D eigenvalue weighted by molar-refractivity contribution is 6.33.